The lowest BCUT2D eigenvalue weighted by atomic mass is 10.3. The van der Waals surface area contributed by atoms with Gasteiger partial charge in [0.05, 0.1) is 23.1 Å². The topological polar surface area (TPSA) is 51.2 Å². The zero-order valence-electron chi connectivity index (χ0n) is 12.5. The maximum atomic E-state index is 13.1. The van der Waals surface area contributed by atoms with Gasteiger partial charge in [-0.2, -0.15) is 0 Å². The molecular weight excluding hydrogens is 354 g/mol. The molecular formula is C16H12F2N2O2S2. The van der Waals surface area contributed by atoms with Crippen molar-refractivity contribution in [2.45, 2.75) is 4.90 Å². The molecule has 0 radical (unpaired) electrons. The van der Waals surface area contributed by atoms with Crippen molar-refractivity contribution in [3.05, 3.63) is 48.0 Å². The maximum Gasteiger partial charge on any atom is 0.236 e. The minimum absolute atomic E-state index is 0.0737. The molecule has 0 saturated carbocycles. The summed E-state index contributed by atoms with van der Waals surface area (Å²) in [6.45, 7) is 0. The highest BCUT2D eigenvalue weighted by Gasteiger charge is 2.10. The number of halogens is 2. The number of hydrogen-bond acceptors (Lipinski definition) is 5. The molecule has 0 atom stereocenters. The Kier molecular flexibility index (Phi) is 4.96. The van der Waals surface area contributed by atoms with Crippen molar-refractivity contribution >= 4 is 44.4 Å². The molecule has 0 saturated heterocycles. The lowest BCUT2D eigenvalue weighted by Crippen LogP contribution is -2.13. The molecule has 1 amide bonds. The summed E-state index contributed by atoms with van der Waals surface area (Å²) in [5.41, 5.74) is 0.768. The van der Waals surface area contributed by atoms with Crippen molar-refractivity contribution < 1.29 is 18.3 Å². The average Bonchev–Trinajstić information content (AvgIpc) is 2.97. The summed E-state index contributed by atoms with van der Waals surface area (Å²) in [5, 5.41) is 3.18. The third-order valence-electron chi connectivity index (χ3n) is 3.10. The number of rotatable bonds is 5. The largest absolute Gasteiger partial charge is 0.497 e. The Hall–Kier alpha value is -2.19. The number of ether oxygens (including phenoxy) is 1. The number of thiazole rings is 1. The fraction of sp³-hybridized carbons (Fsp3) is 0.125. The Morgan fingerprint density at radius 3 is 2.83 bits per heavy atom. The van der Waals surface area contributed by atoms with Crippen LogP contribution < -0.4 is 10.1 Å². The minimum atomic E-state index is -0.930. The molecule has 2 aromatic carbocycles. The van der Waals surface area contributed by atoms with E-state index in [1.165, 1.54) is 17.4 Å². The van der Waals surface area contributed by atoms with Crippen LogP contribution in [0.4, 0.5) is 13.9 Å². The first-order valence-corrected chi connectivity index (χ1v) is 8.67. The molecule has 1 N–H and O–H groups in total. The molecule has 0 aliphatic heterocycles. The number of carbonyl (C=O) groups excluding carboxylic acids is 1. The van der Waals surface area contributed by atoms with Gasteiger partial charge in [-0.1, -0.05) is 11.3 Å². The molecule has 0 fully saturated rings. The Labute approximate surface area is 144 Å². The summed E-state index contributed by atoms with van der Waals surface area (Å²) in [6.07, 6.45) is 0. The number of amides is 1. The first-order chi connectivity index (χ1) is 11.5. The fourth-order valence-corrected chi connectivity index (χ4v) is 3.59. The quantitative estimate of drug-likeness (QED) is 0.684. The number of benzene rings is 2. The SMILES string of the molecule is COc1ccc2nc(NC(=O)CSc3ccc(F)c(F)c3)sc2c1. The summed E-state index contributed by atoms with van der Waals surface area (Å²) in [6, 6.07) is 9.00. The van der Waals surface area contributed by atoms with E-state index in [-0.39, 0.29) is 11.7 Å². The highest BCUT2D eigenvalue weighted by atomic mass is 32.2. The predicted molar refractivity (Wildman–Crippen MR) is 91.9 cm³/mol. The van der Waals surface area contributed by atoms with E-state index < -0.39 is 11.6 Å². The van der Waals surface area contributed by atoms with E-state index >= 15 is 0 Å². The Balaban J connectivity index is 1.63. The number of methoxy groups -OCH3 is 1. The third kappa shape index (κ3) is 3.82. The van der Waals surface area contributed by atoms with E-state index in [0.717, 1.165) is 39.9 Å². The van der Waals surface area contributed by atoms with Crippen molar-refractivity contribution in [2.24, 2.45) is 0 Å². The molecule has 124 valence electrons. The van der Waals surface area contributed by atoms with Gasteiger partial charge in [-0.3, -0.25) is 4.79 Å². The first kappa shape index (κ1) is 16.7. The average molecular weight is 366 g/mol. The standard InChI is InChI=1S/C16H12F2N2O2S2/c1-22-9-2-5-13-14(6-9)24-16(19-13)20-15(21)8-23-10-3-4-11(17)12(18)7-10/h2-7H,8H2,1H3,(H,19,20,21). The molecule has 0 bridgehead atoms. The Morgan fingerprint density at radius 2 is 2.08 bits per heavy atom. The van der Waals surface area contributed by atoms with Crippen molar-refractivity contribution in [3.63, 3.8) is 0 Å². The van der Waals surface area contributed by atoms with Crippen molar-refractivity contribution in [3.8, 4) is 5.75 Å². The molecule has 0 aliphatic rings. The number of fused-ring (bicyclic) bond motifs is 1. The van der Waals surface area contributed by atoms with Crippen molar-refractivity contribution in [1.82, 2.24) is 4.98 Å². The lowest BCUT2D eigenvalue weighted by molar-refractivity contribution is -0.113. The van der Waals surface area contributed by atoms with E-state index in [2.05, 4.69) is 10.3 Å². The van der Waals surface area contributed by atoms with Gasteiger partial charge in [0.25, 0.3) is 0 Å². The van der Waals surface area contributed by atoms with Gasteiger partial charge < -0.3 is 10.1 Å². The van der Waals surface area contributed by atoms with Gasteiger partial charge in [0.1, 0.15) is 5.75 Å². The van der Waals surface area contributed by atoms with Crippen LogP contribution in [0.15, 0.2) is 41.3 Å². The van der Waals surface area contributed by atoms with Crippen LogP contribution in [-0.4, -0.2) is 23.8 Å². The zero-order valence-corrected chi connectivity index (χ0v) is 14.1. The molecule has 0 unspecified atom stereocenters. The number of carbonyl (C=O) groups is 1. The van der Waals surface area contributed by atoms with Crippen LogP contribution in [0.5, 0.6) is 5.75 Å². The second-order valence-electron chi connectivity index (χ2n) is 4.77. The smallest absolute Gasteiger partial charge is 0.236 e. The molecule has 1 aromatic heterocycles. The van der Waals surface area contributed by atoms with Crippen LogP contribution in [-0.2, 0) is 4.79 Å². The van der Waals surface area contributed by atoms with Crippen LogP contribution >= 0.6 is 23.1 Å². The van der Waals surface area contributed by atoms with Gasteiger partial charge in [0.15, 0.2) is 16.8 Å². The molecule has 8 heteroatoms. The normalized spacial score (nSPS) is 10.8. The summed E-state index contributed by atoms with van der Waals surface area (Å²) in [5.74, 6) is -1.31. The summed E-state index contributed by atoms with van der Waals surface area (Å²) in [7, 11) is 1.58. The van der Waals surface area contributed by atoms with Crippen LogP contribution in [0.25, 0.3) is 10.2 Å². The van der Waals surface area contributed by atoms with Crippen LogP contribution in [0.2, 0.25) is 0 Å². The van der Waals surface area contributed by atoms with Gasteiger partial charge in [0, 0.05) is 4.90 Å². The number of nitrogens with one attached hydrogen (secondary N) is 1. The van der Waals surface area contributed by atoms with E-state index in [4.69, 9.17) is 4.74 Å². The second kappa shape index (κ2) is 7.14. The van der Waals surface area contributed by atoms with E-state index in [0.29, 0.717) is 10.0 Å². The van der Waals surface area contributed by atoms with Crippen molar-refractivity contribution in [1.29, 1.82) is 0 Å². The number of thioether (sulfide) groups is 1. The zero-order chi connectivity index (χ0) is 17.1. The minimum Gasteiger partial charge on any atom is -0.497 e. The summed E-state index contributed by atoms with van der Waals surface area (Å²) >= 11 is 2.46. The predicted octanol–water partition coefficient (Wildman–Crippen LogP) is 4.31. The summed E-state index contributed by atoms with van der Waals surface area (Å²) in [4.78, 5) is 16.8. The molecule has 24 heavy (non-hydrogen) atoms. The highest BCUT2D eigenvalue weighted by molar-refractivity contribution is 8.00. The van der Waals surface area contributed by atoms with Gasteiger partial charge in [-0.05, 0) is 36.4 Å². The molecule has 3 aromatic rings. The van der Waals surface area contributed by atoms with Gasteiger partial charge in [-0.25, -0.2) is 13.8 Å². The van der Waals surface area contributed by atoms with Gasteiger partial charge >= 0.3 is 0 Å². The van der Waals surface area contributed by atoms with E-state index in [1.807, 2.05) is 12.1 Å². The van der Waals surface area contributed by atoms with Crippen molar-refractivity contribution in [2.75, 3.05) is 18.2 Å². The molecule has 3 rings (SSSR count). The number of anilines is 1. The van der Waals surface area contributed by atoms with E-state index in [9.17, 15) is 13.6 Å². The first-order valence-electron chi connectivity index (χ1n) is 6.87. The highest BCUT2D eigenvalue weighted by Crippen LogP contribution is 2.29. The number of hydrogen-bond donors (Lipinski definition) is 1. The molecule has 1 heterocycles. The second-order valence-corrected chi connectivity index (χ2v) is 6.84. The third-order valence-corrected chi connectivity index (χ3v) is 5.03. The fourth-order valence-electron chi connectivity index (χ4n) is 1.96. The van der Waals surface area contributed by atoms with E-state index in [1.54, 1.807) is 13.2 Å². The summed E-state index contributed by atoms with van der Waals surface area (Å²) < 4.78 is 32.0. The molecule has 4 nitrogen and oxygen atoms in total. The Bertz CT molecular complexity index is 899. The van der Waals surface area contributed by atoms with Crippen LogP contribution in [0.3, 0.4) is 0 Å². The van der Waals surface area contributed by atoms with Gasteiger partial charge in [-0.15, -0.1) is 11.8 Å². The molecule has 0 spiro atoms. The molecule has 0 aliphatic carbocycles. The maximum absolute atomic E-state index is 13.1. The monoisotopic (exact) mass is 366 g/mol. The number of aromatic nitrogens is 1. The number of nitrogens with zero attached hydrogens (tertiary/aromatic N) is 1. The van der Waals surface area contributed by atoms with Crippen LogP contribution in [0.1, 0.15) is 0 Å². The Morgan fingerprint density at radius 1 is 1.25 bits per heavy atom. The lowest BCUT2D eigenvalue weighted by Gasteiger charge is -2.02. The van der Waals surface area contributed by atoms with Crippen LogP contribution in [0, 0.1) is 11.6 Å². The van der Waals surface area contributed by atoms with Gasteiger partial charge in [0.2, 0.25) is 5.91 Å².